The molecule has 33 heavy (non-hydrogen) atoms. The number of nitrogens with two attached hydrogens (primary N) is 1. The molecule has 0 atom stereocenters. The number of rotatable bonds is 8. The molecule has 0 spiro atoms. The third-order valence-corrected chi connectivity index (χ3v) is 7.05. The summed E-state index contributed by atoms with van der Waals surface area (Å²) in [5, 5.41) is -0.613. The number of aryl methyl sites for hydroxylation is 1. The van der Waals surface area contributed by atoms with E-state index >= 15 is 0 Å². The SMILES string of the molecule is CCOc1cc(/C=C2\SC(=O)N(CC(N)=O)C2=O)cc(Br)c1OS(=O)(=O)c1ccc(C)cc1. The molecule has 2 aromatic carbocycles. The molecule has 174 valence electrons. The molecule has 1 fully saturated rings. The minimum absolute atomic E-state index is 0.0188. The molecule has 1 heterocycles. The summed E-state index contributed by atoms with van der Waals surface area (Å²) in [5.41, 5.74) is 6.42. The Bertz CT molecular complexity index is 1260. The van der Waals surface area contributed by atoms with E-state index in [2.05, 4.69) is 15.9 Å². The number of imide groups is 1. The molecule has 2 aromatic rings. The lowest BCUT2D eigenvalue weighted by atomic mass is 10.2. The highest BCUT2D eigenvalue weighted by Crippen LogP contribution is 2.40. The second kappa shape index (κ2) is 9.98. The van der Waals surface area contributed by atoms with E-state index in [1.165, 1.54) is 30.3 Å². The molecule has 1 aliphatic heterocycles. The number of ether oxygens (including phenoxy) is 1. The molecule has 0 saturated carbocycles. The molecule has 12 heteroatoms. The molecular formula is C21H19BrN2O7S2. The quantitative estimate of drug-likeness (QED) is 0.387. The second-order valence-corrected chi connectivity index (χ2v) is 10.2. The number of primary amides is 1. The Hall–Kier alpha value is -2.83. The van der Waals surface area contributed by atoms with Crippen molar-refractivity contribution in [1.82, 2.24) is 4.90 Å². The Balaban J connectivity index is 1.96. The molecule has 0 aliphatic carbocycles. The molecule has 0 bridgehead atoms. The maximum atomic E-state index is 12.7. The van der Waals surface area contributed by atoms with Gasteiger partial charge < -0.3 is 14.7 Å². The second-order valence-electron chi connectivity index (χ2n) is 6.85. The van der Waals surface area contributed by atoms with E-state index in [4.69, 9.17) is 14.7 Å². The molecule has 1 aliphatic rings. The van der Waals surface area contributed by atoms with Crippen LogP contribution in [-0.4, -0.2) is 43.5 Å². The van der Waals surface area contributed by atoms with Gasteiger partial charge in [-0.2, -0.15) is 8.42 Å². The van der Waals surface area contributed by atoms with Gasteiger partial charge in [0, 0.05) is 0 Å². The lowest BCUT2D eigenvalue weighted by Crippen LogP contribution is -2.36. The number of carbonyl (C=O) groups is 3. The third kappa shape index (κ3) is 5.75. The molecule has 9 nitrogen and oxygen atoms in total. The summed E-state index contributed by atoms with van der Waals surface area (Å²) in [6.07, 6.45) is 1.43. The van der Waals surface area contributed by atoms with Gasteiger partial charge in [-0.3, -0.25) is 19.3 Å². The van der Waals surface area contributed by atoms with Gasteiger partial charge in [-0.1, -0.05) is 17.7 Å². The lowest BCUT2D eigenvalue weighted by Gasteiger charge is -2.15. The van der Waals surface area contributed by atoms with Gasteiger partial charge in [-0.15, -0.1) is 0 Å². The van der Waals surface area contributed by atoms with Crippen LogP contribution >= 0.6 is 27.7 Å². The summed E-state index contributed by atoms with van der Waals surface area (Å²) in [7, 11) is -4.14. The normalized spacial score (nSPS) is 15.2. The van der Waals surface area contributed by atoms with Gasteiger partial charge in [0.1, 0.15) is 11.4 Å². The van der Waals surface area contributed by atoms with Crippen molar-refractivity contribution in [3.8, 4) is 11.5 Å². The van der Waals surface area contributed by atoms with E-state index < -0.39 is 33.7 Å². The van der Waals surface area contributed by atoms with Crippen molar-refractivity contribution in [2.45, 2.75) is 18.7 Å². The number of hydrogen-bond donors (Lipinski definition) is 1. The number of thioether (sulfide) groups is 1. The summed E-state index contributed by atoms with van der Waals surface area (Å²) >= 11 is 3.96. The van der Waals surface area contributed by atoms with Crippen molar-refractivity contribution in [2.24, 2.45) is 5.73 Å². The van der Waals surface area contributed by atoms with E-state index in [0.29, 0.717) is 17.3 Å². The zero-order valence-electron chi connectivity index (χ0n) is 17.5. The number of amides is 3. The fourth-order valence-electron chi connectivity index (χ4n) is 2.82. The van der Waals surface area contributed by atoms with Crippen LogP contribution in [0.25, 0.3) is 6.08 Å². The van der Waals surface area contributed by atoms with Crippen LogP contribution in [0.1, 0.15) is 18.1 Å². The summed E-state index contributed by atoms with van der Waals surface area (Å²) < 4.78 is 36.7. The van der Waals surface area contributed by atoms with Crippen LogP contribution in [0.3, 0.4) is 0 Å². The van der Waals surface area contributed by atoms with Crippen LogP contribution < -0.4 is 14.7 Å². The predicted octanol–water partition coefficient (Wildman–Crippen LogP) is 3.45. The monoisotopic (exact) mass is 554 g/mol. The van der Waals surface area contributed by atoms with E-state index in [1.807, 2.05) is 6.92 Å². The summed E-state index contributed by atoms with van der Waals surface area (Å²) in [6, 6.07) is 9.19. The minimum Gasteiger partial charge on any atom is -0.490 e. The number of nitrogens with zero attached hydrogens (tertiary/aromatic N) is 1. The largest absolute Gasteiger partial charge is 0.490 e. The molecular weight excluding hydrogens is 536 g/mol. The minimum atomic E-state index is -4.14. The molecule has 3 rings (SSSR count). The van der Waals surface area contributed by atoms with E-state index in [1.54, 1.807) is 19.1 Å². The molecule has 0 unspecified atom stereocenters. The lowest BCUT2D eigenvalue weighted by molar-refractivity contribution is -0.127. The highest BCUT2D eigenvalue weighted by Gasteiger charge is 2.36. The van der Waals surface area contributed by atoms with Crippen molar-refractivity contribution in [3.63, 3.8) is 0 Å². The topological polar surface area (TPSA) is 133 Å². The van der Waals surface area contributed by atoms with Gasteiger partial charge in [0.2, 0.25) is 5.91 Å². The van der Waals surface area contributed by atoms with Gasteiger partial charge in [0.05, 0.1) is 16.0 Å². The summed E-state index contributed by atoms with van der Waals surface area (Å²) in [4.78, 5) is 36.4. The first-order chi connectivity index (χ1) is 15.5. The van der Waals surface area contributed by atoms with Crippen LogP contribution in [0.15, 0.2) is 50.7 Å². The fourth-order valence-corrected chi connectivity index (χ4v) is 5.26. The third-order valence-electron chi connectivity index (χ3n) is 4.32. The highest BCUT2D eigenvalue weighted by atomic mass is 79.9. The average molecular weight is 555 g/mol. The number of hydrogen-bond acceptors (Lipinski definition) is 8. The first kappa shape index (κ1) is 24.8. The molecule has 3 amide bonds. The number of halogens is 1. The first-order valence-electron chi connectivity index (χ1n) is 9.53. The van der Waals surface area contributed by atoms with Gasteiger partial charge >= 0.3 is 10.1 Å². The van der Waals surface area contributed by atoms with Crippen LogP contribution in [0.5, 0.6) is 11.5 Å². The average Bonchev–Trinajstić information content (AvgIpc) is 2.98. The Labute approximate surface area is 203 Å². The number of carbonyl (C=O) groups excluding carboxylic acids is 3. The summed E-state index contributed by atoms with van der Waals surface area (Å²) in [6.45, 7) is 3.25. The standard InChI is InChI=1S/C21H19BrN2O7S2/c1-3-30-16-9-13(10-17-20(26)24(11-18(23)25)21(27)32-17)8-15(22)19(16)31-33(28,29)14-6-4-12(2)5-7-14/h4-10H,3,11H2,1-2H3,(H2,23,25)/b17-10-. The van der Waals surface area contributed by atoms with E-state index in [0.717, 1.165) is 10.5 Å². The van der Waals surface area contributed by atoms with E-state index in [9.17, 15) is 22.8 Å². The Morgan fingerprint density at radius 1 is 1.21 bits per heavy atom. The first-order valence-corrected chi connectivity index (χ1v) is 12.5. The van der Waals surface area contributed by atoms with Crippen molar-refractivity contribution in [3.05, 3.63) is 56.9 Å². The van der Waals surface area contributed by atoms with Crippen molar-refractivity contribution >= 4 is 60.9 Å². The maximum absolute atomic E-state index is 12.7. The number of benzene rings is 2. The van der Waals surface area contributed by atoms with Crippen molar-refractivity contribution < 1.29 is 31.7 Å². The van der Waals surface area contributed by atoms with Gasteiger partial charge in [-0.05, 0) is 77.4 Å². The Morgan fingerprint density at radius 3 is 2.48 bits per heavy atom. The fraction of sp³-hybridized carbons (Fsp3) is 0.190. The van der Waals surface area contributed by atoms with Gasteiger partial charge in [-0.25, -0.2) is 0 Å². The van der Waals surface area contributed by atoms with Gasteiger partial charge in [0.25, 0.3) is 11.1 Å². The van der Waals surface area contributed by atoms with Crippen LogP contribution in [0.4, 0.5) is 4.79 Å². The zero-order valence-corrected chi connectivity index (χ0v) is 20.8. The molecule has 0 radical (unpaired) electrons. The summed E-state index contributed by atoms with van der Waals surface area (Å²) in [5.74, 6) is -1.40. The molecule has 0 aromatic heterocycles. The van der Waals surface area contributed by atoms with E-state index in [-0.39, 0.29) is 32.4 Å². The predicted molar refractivity (Wildman–Crippen MR) is 126 cm³/mol. The zero-order chi connectivity index (χ0) is 24.3. The Kier molecular flexibility index (Phi) is 7.50. The van der Waals surface area contributed by atoms with Crippen molar-refractivity contribution in [1.29, 1.82) is 0 Å². The Morgan fingerprint density at radius 2 is 1.88 bits per heavy atom. The van der Waals surface area contributed by atoms with Crippen LogP contribution in [-0.2, 0) is 19.7 Å². The van der Waals surface area contributed by atoms with Crippen molar-refractivity contribution in [2.75, 3.05) is 13.2 Å². The highest BCUT2D eigenvalue weighted by molar-refractivity contribution is 9.10. The van der Waals surface area contributed by atoms with Crippen LogP contribution in [0.2, 0.25) is 0 Å². The smallest absolute Gasteiger partial charge is 0.339 e. The molecule has 2 N–H and O–H groups in total. The molecule has 1 saturated heterocycles. The van der Waals surface area contributed by atoms with Crippen LogP contribution in [0, 0.1) is 6.92 Å². The van der Waals surface area contributed by atoms with Gasteiger partial charge in [0.15, 0.2) is 11.5 Å². The maximum Gasteiger partial charge on any atom is 0.339 e.